The van der Waals surface area contributed by atoms with Gasteiger partial charge in [-0.15, -0.1) is 0 Å². The zero-order chi connectivity index (χ0) is 23.3. The highest BCUT2D eigenvalue weighted by Crippen LogP contribution is 2.24. The number of imidazole rings is 1. The van der Waals surface area contributed by atoms with E-state index in [4.69, 9.17) is 9.97 Å². The number of hydrogen-bond acceptors (Lipinski definition) is 5. The van der Waals surface area contributed by atoms with Gasteiger partial charge >= 0.3 is 5.69 Å². The lowest BCUT2D eigenvalue weighted by Crippen LogP contribution is -2.43. The quantitative estimate of drug-likeness (QED) is 0.522. The second kappa shape index (κ2) is 8.30. The minimum atomic E-state index is 0.0129. The van der Waals surface area contributed by atoms with E-state index in [1.165, 1.54) is 16.7 Å². The summed E-state index contributed by atoms with van der Waals surface area (Å²) in [5.41, 5.74) is 7.78. The number of rotatable bonds is 4. The largest absolute Gasteiger partial charge is 0.341 e. The van der Waals surface area contributed by atoms with E-state index in [9.17, 15) is 4.79 Å². The molecule has 0 radical (unpaired) electrons. The Morgan fingerprint density at radius 1 is 0.939 bits per heavy atom. The molecule has 1 aliphatic heterocycles. The number of aromatic nitrogens is 4. The number of fused-ring (bicyclic) bond motifs is 2. The van der Waals surface area contributed by atoms with Crippen molar-refractivity contribution in [2.45, 2.75) is 46.2 Å². The lowest BCUT2D eigenvalue weighted by Gasteiger charge is -2.32. The topological polar surface area (TPSA) is 68.0 Å². The van der Waals surface area contributed by atoms with Gasteiger partial charge in [-0.3, -0.25) is 9.13 Å². The highest BCUT2D eigenvalue weighted by molar-refractivity contribution is 5.83. The average Bonchev–Trinajstić information content (AvgIpc) is 3.03. The molecule has 33 heavy (non-hydrogen) atoms. The summed E-state index contributed by atoms with van der Waals surface area (Å²) in [4.78, 5) is 24.2. The van der Waals surface area contributed by atoms with Gasteiger partial charge in [0.1, 0.15) is 0 Å². The fourth-order valence-electron chi connectivity index (χ4n) is 4.88. The third kappa shape index (κ3) is 3.91. The Morgan fingerprint density at radius 3 is 2.39 bits per heavy atom. The first-order valence-corrected chi connectivity index (χ1v) is 11.7. The molecule has 1 saturated heterocycles. The lowest BCUT2D eigenvalue weighted by molar-refractivity contribution is 0.411. The summed E-state index contributed by atoms with van der Waals surface area (Å²) in [6.45, 7) is 9.04. The van der Waals surface area contributed by atoms with Crippen LogP contribution in [0.1, 0.15) is 35.2 Å². The number of nitrogens with zero attached hydrogens (tertiary/aromatic N) is 5. The van der Waals surface area contributed by atoms with E-state index in [2.05, 4.69) is 55.3 Å². The van der Waals surface area contributed by atoms with Crippen molar-refractivity contribution in [2.75, 3.05) is 18.0 Å². The van der Waals surface area contributed by atoms with Crippen molar-refractivity contribution in [1.82, 2.24) is 24.4 Å². The number of hydrogen-bond donors (Lipinski definition) is 1. The van der Waals surface area contributed by atoms with E-state index < -0.39 is 0 Å². The lowest BCUT2D eigenvalue weighted by atomic mass is 10.0. The van der Waals surface area contributed by atoms with Gasteiger partial charge < -0.3 is 10.2 Å². The highest BCUT2D eigenvalue weighted by atomic mass is 16.1. The predicted octanol–water partition coefficient (Wildman–Crippen LogP) is 3.50. The Hall–Kier alpha value is -3.19. The van der Waals surface area contributed by atoms with Crippen molar-refractivity contribution in [3.05, 3.63) is 63.2 Å². The van der Waals surface area contributed by atoms with Gasteiger partial charge in [-0.1, -0.05) is 6.07 Å². The summed E-state index contributed by atoms with van der Waals surface area (Å²) in [5, 5.41) is 4.85. The second-order valence-corrected chi connectivity index (χ2v) is 9.43. The Labute approximate surface area is 194 Å². The third-order valence-electron chi connectivity index (χ3n) is 7.20. The first-order valence-electron chi connectivity index (χ1n) is 11.7. The molecule has 2 aromatic carbocycles. The Balaban J connectivity index is 1.24. The fourth-order valence-corrected chi connectivity index (χ4v) is 4.88. The number of piperidine rings is 1. The number of anilines is 1. The van der Waals surface area contributed by atoms with Crippen LogP contribution in [-0.4, -0.2) is 38.2 Å². The van der Waals surface area contributed by atoms with Gasteiger partial charge in [-0.25, -0.2) is 14.8 Å². The molecule has 0 aliphatic carbocycles. The third-order valence-corrected chi connectivity index (χ3v) is 7.20. The van der Waals surface area contributed by atoms with Crippen LogP contribution in [0.2, 0.25) is 0 Å². The molecule has 5 rings (SSSR count). The van der Waals surface area contributed by atoms with Crippen LogP contribution < -0.4 is 15.9 Å². The van der Waals surface area contributed by atoms with E-state index in [0.29, 0.717) is 6.04 Å². The number of benzene rings is 2. The minimum absolute atomic E-state index is 0.0129. The highest BCUT2D eigenvalue weighted by Gasteiger charge is 2.21. The summed E-state index contributed by atoms with van der Waals surface area (Å²) >= 11 is 0. The normalized spacial score (nSPS) is 15.1. The van der Waals surface area contributed by atoms with Crippen LogP contribution in [0.3, 0.4) is 0 Å². The molecule has 3 heterocycles. The van der Waals surface area contributed by atoms with Crippen LogP contribution in [0.4, 0.5) is 5.95 Å². The SMILES string of the molecule is Cc1cc2nc(N3CCC(NCc4ccc5c(c4)n(C)c(=O)n5C)CC3)nc(C)c2cc1C. The monoisotopic (exact) mass is 444 g/mol. The number of aryl methyl sites for hydroxylation is 5. The van der Waals surface area contributed by atoms with Gasteiger partial charge in [-0.2, -0.15) is 0 Å². The molecule has 172 valence electrons. The molecular weight excluding hydrogens is 412 g/mol. The van der Waals surface area contributed by atoms with E-state index in [1.807, 2.05) is 20.2 Å². The first-order chi connectivity index (χ1) is 15.8. The smallest absolute Gasteiger partial charge is 0.328 e. The molecule has 1 N–H and O–H groups in total. The van der Waals surface area contributed by atoms with Gasteiger partial charge in [0.05, 0.1) is 22.2 Å². The van der Waals surface area contributed by atoms with Gasteiger partial charge in [0.15, 0.2) is 0 Å². The summed E-state index contributed by atoms with van der Waals surface area (Å²) in [6, 6.07) is 11.1. The van der Waals surface area contributed by atoms with Gasteiger partial charge in [0.2, 0.25) is 5.95 Å². The molecule has 2 aromatic heterocycles. The fraction of sp³-hybridized carbons (Fsp3) is 0.423. The molecule has 7 nitrogen and oxygen atoms in total. The summed E-state index contributed by atoms with van der Waals surface area (Å²) in [7, 11) is 3.65. The molecule has 4 aromatic rings. The summed E-state index contributed by atoms with van der Waals surface area (Å²) < 4.78 is 3.41. The zero-order valence-corrected chi connectivity index (χ0v) is 20.1. The molecule has 0 unspecified atom stereocenters. The maximum Gasteiger partial charge on any atom is 0.328 e. The molecule has 0 amide bonds. The van der Waals surface area contributed by atoms with Crippen molar-refractivity contribution in [3.8, 4) is 0 Å². The van der Waals surface area contributed by atoms with Gasteiger partial charge in [0.25, 0.3) is 0 Å². The molecule has 0 atom stereocenters. The first kappa shape index (κ1) is 21.6. The molecule has 0 spiro atoms. The molecule has 0 bridgehead atoms. The standard InChI is InChI=1S/C26H32N6O/c1-16-12-21-18(3)28-25(29-22(21)13-17(16)2)32-10-8-20(9-11-32)27-15-19-6-7-23-24(14-19)31(5)26(33)30(23)4/h6-7,12-14,20,27H,8-11,15H2,1-5H3. The number of nitrogens with one attached hydrogen (secondary N) is 1. The molecule has 1 aliphatic rings. The van der Waals surface area contributed by atoms with Crippen molar-refractivity contribution in [1.29, 1.82) is 0 Å². The van der Waals surface area contributed by atoms with E-state index in [-0.39, 0.29) is 5.69 Å². The summed E-state index contributed by atoms with van der Waals surface area (Å²) in [5.74, 6) is 0.845. The van der Waals surface area contributed by atoms with Crippen LogP contribution in [0.5, 0.6) is 0 Å². The van der Waals surface area contributed by atoms with Gasteiger partial charge in [-0.05, 0) is 74.6 Å². The Kier molecular flexibility index (Phi) is 5.44. The Morgan fingerprint density at radius 2 is 1.64 bits per heavy atom. The van der Waals surface area contributed by atoms with E-state index in [0.717, 1.165) is 66.1 Å². The Bertz CT molecular complexity index is 1410. The molecular formula is C26H32N6O. The van der Waals surface area contributed by atoms with Crippen molar-refractivity contribution in [3.63, 3.8) is 0 Å². The van der Waals surface area contributed by atoms with Crippen LogP contribution in [0.15, 0.2) is 35.1 Å². The van der Waals surface area contributed by atoms with Crippen LogP contribution in [-0.2, 0) is 20.6 Å². The maximum atomic E-state index is 12.2. The maximum absolute atomic E-state index is 12.2. The van der Waals surface area contributed by atoms with Crippen LogP contribution in [0, 0.1) is 20.8 Å². The van der Waals surface area contributed by atoms with E-state index in [1.54, 1.807) is 9.13 Å². The summed E-state index contributed by atoms with van der Waals surface area (Å²) in [6.07, 6.45) is 2.11. The van der Waals surface area contributed by atoms with Crippen molar-refractivity contribution in [2.24, 2.45) is 14.1 Å². The van der Waals surface area contributed by atoms with Crippen LogP contribution >= 0.6 is 0 Å². The molecule has 0 saturated carbocycles. The second-order valence-electron chi connectivity index (χ2n) is 9.43. The van der Waals surface area contributed by atoms with Crippen molar-refractivity contribution < 1.29 is 0 Å². The predicted molar refractivity (Wildman–Crippen MR) is 134 cm³/mol. The minimum Gasteiger partial charge on any atom is -0.341 e. The van der Waals surface area contributed by atoms with Gasteiger partial charge in [0, 0.05) is 45.2 Å². The zero-order valence-electron chi connectivity index (χ0n) is 20.1. The molecule has 7 heteroatoms. The van der Waals surface area contributed by atoms with Crippen LogP contribution in [0.25, 0.3) is 21.9 Å². The molecule has 1 fully saturated rings. The van der Waals surface area contributed by atoms with Crippen molar-refractivity contribution >= 4 is 27.9 Å². The average molecular weight is 445 g/mol. The van der Waals surface area contributed by atoms with E-state index >= 15 is 0 Å².